The minimum Gasteiger partial charge on any atom is -0.375 e. The zero-order chi connectivity index (χ0) is 20.3. The number of sulfonamides is 1. The van der Waals surface area contributed by atoms with Gasteiger partial charge in [-0.15, -0.1) is 0 Å². The molecule has 0 radical (unpaired) electrons. The van der Waals surface area contributed by atoms with Gasteiger partial charge in [0.15, 0.2) is 0 Å². The van der Waals surface area contributed by atoms with Crippen LogP contribution in [0.4, 0.5) is 5.69 Å². The monoisotopic (exact) mass is 401 g/mol. The lowest BCUT2D eigenvalue weighted by atomic mass is 9.95. The van der Waals surface area contributed by atoms with E-state index < -0.39 is 10.0 Å². The number of hydrogen-bond donors (Lipinski definition) is 1. The molecule has 0 saturated carbocycles. The quantitative estimate of drug-likeness (QED) is 0.806. The Morgan fingerprint density at radius 3 is 2.68 bits per heavy atom. The third-order valence-corrected chi connectivity index (χ3v) is 5.09. The number of carbonyl (C=O) groups is 1. The number of ether oxygens (including phenoxy) is 1. The minimum absolute atomic E-state index is 0.0607. The molecule has 0 spiro atoms. The van der Waals surface area contributed by atoms with Crippen LogP contribution in [-0.4, -0.2) is 45.0 Å². The van der Waals surface area contributed by atoms with Gasteiger partial charge >= 0.3 is 0 Å². The van der Waals surface area contributed by atoms with Crippen LogP contribution in [0.5, 0.6) is 0 Å². The van der Waals surface area contributed by atoms with Gasteiger partial charge in [-0.1, -0.05) is 36.4 Å². The van der Waals surface area contributed by atoms with E-state index in [0.29, 0.717) is 12.1 Å². The van der Waals surface area contributed by atoms with Gasteiger partial charge in [0.05, 0.1) is 18.0 Å². The number of amides is 1. The van der Waals surface area contributed by atoms with Crippen molar-refractivity contribution in [3.63, 3.8) is 0 Å². The summed E-state index contributed by atoms with van der Waals surface area (Å²) in [4.78, 5) is 12.6. The van der Waals surface area contributed by atoms with Crippen molar-refractivity contribution >= 4 is 27.3 Å². The molecule has 2 aromatic carbocycles. The summed E-state index contributed by atoms with van der Waals surface area (Å²) in [6.07, 6.45) is 1.63. The highest BCUT2D eigenvalue weighted by atomic mass is 32.2. The summed E-state index contributed by atoms with van der Waals surface area (Å²) in [5.41, 5.74) is 4.04. The summed E-state index contributed by atoms with van der Waals surface area (Å²) >= 11 is 0. The fraction of sp³-hybridized carbons (Fsp3) is 0.300. The molecule has 0 bridgehead atoms. The standard InChI is InChI=1S/C20H23N3O4S/c1-14-7-4-5-10-17(14)19-12-18(21-23(19)20(24)13-27-2)15-8-6-9-16(11-15)22-28(3,25)26/h4-11,19,22H,12-13H2,1-3H3/t19-/m1/s1. The van der Waals surface area contributed by atoms with Crippen molar-refractivity contribution in [2.24, 2.45) is 5.10 Å². The first kappa shape index (κ1) is 20.0. The van der Waals surface area contributed by atoms with Crippen molar-refractivity contribution in [3.8, 4) is 0 Å². The number of hydrogen-bond acceptors (Lipinski definition) is 5. The second-order valence-electron chi connectivity index (χ2n) is 6.75. The summed E-state index contributed by atoms with van der Waals surface area (Å²) in [5, 5.41) is 6.03. The zero-order valence-electron chi connectivity index (χ0n) is 16.0. The van der Waals surface area contributed by atoms with Crippen LogP contribution >= 0.6 is 0 Å². The Hall–Kier alpha value is -2.71. The lowest BCUT2D eigenvalue weighted by Gasteiger charge is -2.23. The zero-order valence-corrected chi connectivity index (χ0v) is 16.9. The Bertz CT molecular complexity index is 1020. The summed E-state index contributed by atoms with van der Waals surface area (Å²) in [6, 6.07) is 14.7. The summed E-state index contributed by atoms with van der Waals surface area (Å²) in [7, 11) is -1.91. The molecule has 1 heterocycles. The van der Waals surface area contributed by atoms with Crippen molar-refractivity contribution < 1.29 is 17.9 Å². The molecule has 1 atom stereocenters. The molecule has 7 nitrogen and oxygen atoms in total. The van der Waals surface area contributed by atoms with Gasteiger partial charge in [0.1, 0.15) is 6.61 Å². The number of aryl methyl sites for hydroxylation is 1. The Labute approximate surface area is 165 Å². The highest BCUT2D eigenvalue weighted by Gasteiger charge is 2.33. The molecule has 3 rings (SSSR count). The second kappa shape index (κ2) is 8.12. The van der Waals surface area contributed by atoms with Crippen molar-refractivity contribution in [2.75, 3.05) is 24.7 Å². The fourth-order valence-electron chi connectivity index (χ4n) is 3.28. The average Bonchev–Trinajstić information content (AvgIpc) is 3.06. The van der Waals surface area contributed by atoms with Gasteiger partial charge in [-0.25, -0.2) is 13.4 Å². The average molecular weight is 401 g/mol. The molecular weight excluding hydrogens is 378 g/mol. The van der Waals surface area contributed by atoms with Gasteiger partial charge in [0.2, 0.25) is 10.0 Å². The van der Waals surface area contributed by atoms with Crippen LogP contribution < -0.4 is 4.72 Å². The van der Waals surface area contributed by atoms with E-state index in [4.69, 9.17) is 4.74 Å². The van der Waals surface area contributed by atoms with Crippen molar-refractivity contribution in [3.05, 3.63) is 65.2 Å². The normalized spacial score (nSPS) is 16.8. The minimum atomic E-state index is -3.38. The highest BCUT2D eigenvalue weighted by molar-refractivity contribution is 7.92. The highest BCUT2D eigenvalue weighted by Crippen LogP contribution is 2.34. The molecule has 1 aliphatic heterocycles. The SMILES string of the molecule is COCC(=O)N1N=C(c2cccc(NS(C)(=O)=O)c2)C[C@@H]1c1ccccc1C. The molecular formula is C20H23N3O4S. The molecule has 8 heteroatoms. The third kappa shape index (κ3) is 4.58. The first-order chi connectivity index (χ1) is 13.3. The predicted molar refractivity (Wildman–Crippen MR) is 109 cm³/mol. The molecule has 2 aromatic rings. The van der Waals surface area contributed by atoms with E-state index in [1.807, 2.05) is 37.3 Å². The Morgan fingerprint density at radius 2 is 2.00 bits per heavy atom. The smallest absolute Gasteiger partial charge is 0.269 e. The third-order valence-electron chi connectivity index (χ3n) is 4.48. The molecule has 148 valence electrons. The van der Waals surface area contributed by atoms with Gasteiger partial charge in [-0.05, 0) is 35.7 Å². The second-order valence-corrected chi connectivity index (χ2v) is 8.50. The van der Waals surface area contributed by atoms with Crippen LogP contribution in [0.25, 0.3) is 0 Å². The molecule has 1 amide bonds. The number of carbonyl (C=O) groups excluding carboxylic acids is 1. The van der Waals surface area contributed by atoms with Crippen molar-refractivity contribution in [2.45, 2.75) is 19.4 Å². The van der Waals surface area contributed by atoms with Crippen LogP contribution in [-0.2, 0) is 19.6 Å². The van der Waals surface area contributed by atoms with Crippen molar-refractivity contribution in [1.82, 2.24) is 5.01 Å². The van der Waals surface area contributed by atoms with E-state index in [0.717, 1.165) is 28.7 Å². The number of methoxy groups -OCH3 is 1. The number of anilines is 1. The van der Waals surface area contributed by atoms with Crippen LogP contribution in [0.15, 0.2) is 53.6 Å². The Morgan fingerprint density at radius 1 is 1.25 bits per heavy atom. The summed E-state index contributed by atoms with van der Waals surface area (Å²) in [5.74, 6) is -0.226. The van der Waals surface area contributed by atoms with Gasteiger partial charge in [-0.3, -0.25) is 9.52 Å². The van der Waals surface area contributed by atoms with E-state index in [9.17, 15) is 13.2 Å². The van der Waals surface area contributed by atoms with Crippen molar-refractivity contribution in [1.29, 1.82) is 0 Å². The first-order valence-electron chi connectivity index (χ1n) is 8.80. The molecule has 0 aliphatic carbocycles. The molecule has 0 unspecified atom stereocenters. The molecule has 0 aromatic heterocycles. The number of nitrogens with zero attached hydrogens (tertiary/aromatic N) is 2. The number of nitrogens with one attached hydrogen (secondary N) is 1. The molecule has 1 N–H and O–H groups in total. The topological polar surface area (TPSA) is 88.1 Å². The predicted octanol–water partition coefficient (Wildman–Crippen LogP) is 2.69. The molecule has 0 saturated heterocycles. The van der Waals surface area contributed by atoms with Crippen LogP contribution in [0.3, 0.4) is 0 Å². The first-order valence-corrected chi connectivity index (χ1v) is 10.7. The van der Waals surface area contributed by atoms with Gasteiger partial charge in [0, 0.05) is 19.2 Å². The van der Waals surface area contributed by atoms with E-state index in [1.54, 1.807) is 18.2 Å². The maximum atomic E-state index is 12.6. The maximum Gasteiger partial charge on any atom is 0.269 e. The Balaban J connectivity index is 1.96. The largest absolute Gasteiger partial charge is 0.375 e. The van der Waals surface area contributed by atoms with E-state index in [2.05, 4.69) is 9.82 Å². The molecule has 1 aliphatic rings. The van der Waals surface area contributed by atoms with E-state index in [-0.39, 0.29) is 18.6 Å². The fourth-order valence-corrected chi connectivity index (χ4v) is 3.84. The van der Waals surface area contributed by atoms with Gasteiger partial charge in [0.25, 0.3) is 5.91 Å². The maximum absolute atomic E-state index is 12.6. The van der Waals surface area contributed by atoms with Crippen LogP contribution in [0.2, 0.25) is 0 Å². The van der Waals surface area contributed by atoms with E-state index >= 15 is 0 Å². The van der Waals surface area contributed by atoms with Crippen LogP contribution in [0.1, 0.15) is 29.2 Å². The summed E-state index contributed by atoms with van der Waals surface area (Å²) < 4.78 is 30.5. The summed E-state index contributed by atoms with van der Waals surface area (Å²) in [6.45, 7) is 1.94. The lowest BCUT2D eigenvalue weighted by molar-refractivity contribution is -0.137. The van der Waals surface area contributed by atoms with Gasteiger partial charge in [-0.2, -0.15) is 5.10 Å². The van der Waals surface area contributed by atoms with Crippen LogP contribution in [0, 0.1) is 6.92 Å². The molecule has 28 heavy (non-hydrogen) atoms. The van der Waals surface area contributed by atoms with Gasteiger partial charge < -0.3 is 4.74 Å². The molecule has 0 fully saturated rings. The number of benzene rings is 2. The Kier molecular flexibility index (Phi) is 5.81. The number of hydrazone groups is 1. The number of rotatable bonds is 6. The van der Waals surface area contributed by atoms with E-state index in [1.165, 1.54) is 12.1 Å². The lowest BCUT2D eigenvalue weighted by Crippen LogP contribution is -2.30.